The van der Waals surface area contributed by atoms with Gasteiger partial charge in [-0.3, -0.25) is 23.5 Å². The number of aromatic nitrogens is 2. The Morgan fingerprint density at radius 2 is 1.84 bits per heavy atom. The zero-order valence-electron chi connectivity index (χ0n) is 16.1. The smallest absolute Gasteiger partial charge is 0.331 e. The van der Waals surface area contributed by atoms with Gasteiger partial charge >= 0.3 is 17.6 Å². The SMILES string of the molecule is Cn1c(=O)ccn([C@@H]2S[C@H]([C@@H](O)[C@@H](NC(=O)[C@@H](N)CC(=O)O)C(=O)O)[C@H](O)[C@H]2O)c1=O. The summed E-state index contributed by atoms with van der Waals surface area (Å²) in [4.78, 5) is 58.1. The number of rotatable bonds is 8. The average Bonchev–Trinajstić information content (AvgIpc) is 2.98. The van der Waals surface area contributed by atoms with E-state index in [9.17, 15) is 44.4 Å². The third-order valence-corrected chi connectivity index (χ3v) is 6.40. The highest BCUT2D eigenvalue weighted by Gasteiger charge is 2.50. The van der Waals surface area contributed by atoms with Gasteiger partial charge in [-0.25, -0.2) is 9.59 Å². The maximum absolute atomic E-state index is 12.3. The van der Waals surface area contributed by atoms with Crippen LogP contribution in [0.3, 0.4) is 0 Å². The van der Waals surface area contributed by atoms with E-state index >= 15 is 0 Å². The van der Waals surface area contributed by atoms with Gasteiger partial charge in [0.15, 0.2) is 6.04 Å². The first-order chi connectivity index (χ1) is 14.4. The monoisotopic (exact) mass is 462 g/mol. The van der Waals surface area contributed by atoms with Crippen LogP contribution in [0.25, 0.3) is 0 Å². The quantitative estimate of drug-likeness (QED) is 0.194. The molecule has 1 aromatic heterocycles. The minimum absolute atomic E-state index is 0.609. The second-order valence-electron chi connectivity index (χ2n) is 6.89. The van der Waals surface area contributed by atoms with Gasteiger partial charge in [0, 0.05) is 19.3 Å². The van der Waals surface area contributed by atoms with Crippen molar-refractivity contribution in [2.45, 2.75) is 47.4 Å². The van der Waals surface area contributed by atoms with E-state index in [1.807, 2.05) is 5.32 Å². The topological polar surface area (TPSA) is 234 Å². The Morgan fingerprint density at radius 3 is 2.39 bits per heavy atom. The fraction of sp³-hybridized carbons (Fsp3) is 0.562. The van der Waals surface area contributed by atoms with Crippen molar-refractivity contribution in [3.8, 4) is 0 Å². The standard InChI is InChI=1S/C16H22N4O10S/c1-19-6(21)2-3-20(16(19)30)14-11(26)10(25)12(31-14)9(24)8(15(28)29)18-13(27)5(17)4-7(22)23/h2-3,5,8-12,14,24-26H,4,17H2,1H3,(H,18,27)(H,22,23)(H,28,29)/t5-,8+,9-,10+,11+,12+,14+/m0/s1. The highest BCUT2D eigenvalue weighted by Crippen LogP contribution is 2.43. The molecule has 1 aliphatic heterocycles. The molecule has 0 bridgehead atoms. The molecular formula is C16H22N4O10S. The van der Waals surface area contributed by atoms with Crippen molar-refractivity contribution in [2.75, 3.05) is 0 Å². The molecule has 1 saturated heterocycles. The number of aliphatic carboxylic acids is 2. The summed E-state index contributed by atoms with van der Waals surface area (Å²) in [5, 5.41) is 48.7. The highest BCUT2D eigenvalue weighted by molar-refractivity contribution is 8.00. The molecule has 15 heteroatoms. The number of carboxylic acid groups (broad SMARTS) is 2. The fourth-order valence-electron chi connectivity index (χ4n) is 3.00. The van der Waals surface area contributed by atoms with Gasteiger partial charge in [-0.05, 0) is 0 Å². The second kappa shape index (κ2) is 9.61. The maximum atomic E-state index is 12.3. The van der Waals surface area contributed by atoms with Gasteiger partial charge in [-0.15, -0.1) is 11.8 Å². The zero-order valence-corrected chi connectivity index (χ0v) is 16.9. The van der Waals surface area contributed by atoms with Crippen LogP contribution in [0.15, 0.2) is 21.9 Å². The van der Waals surface area contributed by atoms with Gasteiger partial charge in [0.05, 0.1) is 29.9 Å². The number of carbonyl (C=O) groups excluding carboxylic acids is 1. The molecule has 1 amide bonds. The Kier molecular flexibility index (Phi) is 7.61. The van der Waals surface area contributed by atoms with Crippen LogP contribution in [0, 0.1) is 0 Å². The third kappa shape index (κ3) is 5.13. The molecule has 0 radical (unpaired) electrons. The number of nitrogens with zero attached hydrogens (tertiary/aromatic N) is 2. The van der Waals surface area contributed by atoms with Crippen LogP contribution in [0.2, 0.25) is 0 Å². The first-order valence-corrected chi connectivity index (χ1v) is 9.79. The largest absolute Gasteiger partial charge is 0.481 e. The molecule has 2 rings (SSSR count). The zero-order chi connectivity index (χ0) is 23.6. The van der Waals surface area contributed by atoms with E-state index in [2.05, 4.69) is 0 Å². The third-order valence-electron chi connectivity index (χ3n) is 4.74. The van der Waals surface area contributed by atoms with Gasteiger partial charge < -0.3 is 36.6 Å². The minimum Gasteiger partial charge on any atom is -0.481 e. The number of thioether (sulfide) groups is 1. The molecule has 1 fully saturated rings. The van der Waals surface area contributed by atoms with Crippen LogP contribution in [0.5, 0.6) is 0 Å². The van der Waals surface area contributed by atoms with Crippen molar-refractivity contribution in [3.05, 3.63) is 33.1 Å². The summed E-state index contributed by atoms with van der Waals surface area (Å²) >= 11 is 0.666. The molecule has 2 heterocycles. The number of nitrogens with two attached hydrogens (primary N) is 1. The van der Waals surface area contributed by atoms with E-state index in [0.717, 1.165) is 21.4 Å². The molecule has 8 N–H and O–H groups in total. The van der Waals surface area contributed by atoms with Crippen molar-refractivity contribution < 1.29 is 39.9 Å². The Labute approximate surface area is 177 Å². The predicted molar refractivity (Wildman–Crippen MR) is 104 cm³/mol. The van der Waals surface area contributed by atoms with E-state index in [1.54, 1.807) is 0 Å². The summed E-state index contributed by atoms with van der Waals surface area (Å²) in [6.45, 7) is 0. The van der Waals surface area contributed by atoms with Crippen molar-refractivity contribution in [1.82, 2.24) is 14.5 Å². The number of carbonyl (C=O) groups is 3. The van der Waals surface area contributed by atoms with Gasteiger partial charge in [-0.2, -0.15) is 0 Å². The van der Waals surface area contributed by atoms with Crippen LogP contribution < -0.4 is 22.3 Å². The Balaban J connectivity index is 2.25. The van der Waals surface area contributed by atoms with Crippen LogP contribution in [-0.2, 0) is 21.4 Å². The molecule has 0 aromatic carbocycles. The molecule has 31 heavy (non-hydrogen) atoms. The second-order valence-corrected chi connectivity index (χ2v) is 8.19. The summed E-state index contributed by atoms with van der Waals surface area (Å²) in [6.07, 6.45) is -4.99. The molecule has 0 aliphatic carbocycles. The lowest BCUT2D eigenvalue weighted by molar-refractivity contribution is -0.146. The summed E-state index contributed by atoms with van der Waals surface area (Å²) < 4.78 is 1.71. The van der Waals surface area contributed by atoms with Crippen molar-refractivity contribution >= 4 is 29.6 Å². The molecule has 172 valence electrons. The minimum atomic E-state index is -2.00. The number of aliphatic hydroxyl groups is 3. The number of hydrogen-bond donors (Lipinski definition) is 7. The van der Waals surface area contributed by atoms with E-state index in [0.29, 0.717) is 11.8 Å². The summed E-state index contributed by atoms with van der Waals surface area (Å²) in [7, 11) is 1.20. The molecule has 0 saturated carbocycles. The van der Waals surface area contributed by atoms with Gasteiger partial charge in [0.2, 0.25) is 5.91 Å². The van der Waals surface area contributed by atoms with E-state index in [1.165, 1.54) is 7.05 Å². The Hall–Kier alpha value is -2.72. The van der Waals surface area contributed by atoms with Crippen molar-refractivity contribution in [1.29, 1.82) is 0 Å². The molecule has 0 unspecified atom stereocenters. The summed E-state index contributed by atoms with van der Waals surface area (Å²) in [5.41, 5.74) is 3.96. The summed E-state index contributed by atoms with van der Waals surface area (Å²) in [6, 6.07) is -2.54. The first-order valence-electron chi connectivity index (χ1n) is 8.85. The highest BCUT2D eigenvalue weighted by atomic mass is 32.2. The summed E-state index contributed by atoms with van der Waals surface area (Å²) in [5.74, 6) is -4.25. The molecule has 14 nitrogen and oxygen atoms in total. The Morgan fingerprint density at radius 1 is 1.23 bits per heavy atom. The molecule has 1 aromatic rings. The van der Waals surface area contributed by atoms with Gasteiger partial charge in [0.1, 0.15) is 11.5 Å². The van der Waals surface area contributed by atoms with Crippen LogP contribution >= 0.6 is 11.8 Å². The number of aliphatic hydroxyl groups excluding tert-OH is 3. The first kappa shape index (κ1) is 24.5. The van der Waals surface area contributed by atoms with Gasteiger partial charge in [-0.1, -0.05) is 0 Å². The van der Waals surface area contributed by atoms with Crippen molar-refractivity contribution in [2.24, 2.45) is 12.8 Å². The maximum Gasteiger partial charge on any atom is 0.331 e. The number of hydrogen-bond acceptors (Lipinski definition) is 10. The fourth-order valence-corrected chi connectivity index (χ4v) is 4.58. The lowest BCUT2D eigenvalue weighted by Crippen LogP contribution is -2.57. The van der Waals surface area contributed by atoms with Crippen molar-refractivity contribution in [3.63, 3.8) is 0 Å². The molecule has 1 aliphatic rings. The number of amides is 1. The normalized spacial score (nSPS) is 26.1. The number of carboxylic acids is 2. The predicted octanol–water partition coefficient (Wildman–Crippen LogP) is -4.38. The van der Waals surface area contributed by atoms with E-state index in [-0.39, 0.29) is 0 Å². The molecule has 7 atom stereocenters. The average molecular weight is 462 g/mol. The van der Waals surface area contributed by atoms with Crippen LogP contribution in [0.4, 0.5) is 0 Å². The lowest BCUT2D eigenvalue weighted by Gasteiger charge is -2.27. The van der Waals surface area contributed by atoms with Crippen LogP contribution in [0.1, 0.15) is 11.8 Å². The number of nitrogens with one attached hydrogen (secondary N) is 1. The molecule has 0 spiro atoms. The molecular weight excluding hydrogens is 440 g/mol. The van der Waals surface area contributed by atoms with E-state index < -0.39 is 76.5 Å². The van der Waals surface area contributed by atoms with E-state index in [4.69, 9.17) is 10.8 Å². The Bertz CT molecular complexity index is 978. The van der Waals surface area contributed by atoms with Gasteiger partial charge in [0.25, 0.3) is 5.56 Å². The van der Waals surface area contributed by atoms with Crippen LogP contribution in [-0.4, -0.2) is 88.2 Å². The lowest BCUT2D eigenvalue weighted by atomic mass is 10.00.